The SMILES string of the molecule is Cc1nn(C(C)C(=O)NC(C)CN2CCC(C)CC2)cc1Br. The second-order valence-corrected chi connectivity index (χ2v) is 7.47. The fourth-order valence-corrected chi connectivity index (χ4v) is 3.11. The molecule has 22 heavy (non-hydrogen) atoms. The molecular weight excluding hydrogens is 344 g/mol. The zero-order chi connectivity index (χ0) is 16.3. The van der Waals surface area contributed by atoms with Crippen molar-refractivity contribution in [2.24, 2.45) is 5.92 Å². The van der Waals surface area contributed by atoms with Crippen molar-refractivity contribution in [1.29, 1.82) is 0 Å². The van der Waals surface area contributed by atoms with E-state index in [0.717, 1.165) is 35.7 Å². The number of aromatic nitrogens is 2. The van der Waals surface area contributed by atoms with Crippen LogP contribution in [0.25, 0.3) is 0 Å². The quantitative estimate of drug-likeness (QED) is 0.866. The van der Waals surface area contributed by atoms with Crippen molar-refractivity contribution in [3.63, 3.8) is 0 Å². The van der Waals surface area contributed by atoms with Crippen molar-refractivity contribution in [1.82, 2.24) is 20.0 Å². The molecule has 1 aromatic heterocycles. The summed E-state index contributed by atoms with van der Waals surface area (Å²) < 4.78 is 2.65. The average Bonchev–Trinajstić information content (AvgIpc) is 2.80. The Bertz CT molecular complexity index is 489. The van der Waals surface area contributed by atoms with E-state index in [4.69, 9.17) is 0 Å². The van der Waals surface area contributed by atoms with E-state index in [0.29, 0.717) is 0 Å². The highest BCUT2D eigenvalue weighted by atomic mass is 79.9. The standard InChI is InChI=1S/C16H27BrN4O/c1-11-5-7-20(8-6-11)9-12(2)18-16(22)14(4)21-10-15(17)13(3)19-21/h10-12,14H,5-9H2,1-4H3,(H,18,22). The van der Waals surface area contributed by atoms with E-state index >= 15 is 0 Å². The van der Waals surface area contributed by atoms with Crippen molar-refractivity contribution < 1.29 is 4.79 Å². The first-order valence-corrected chi connectivity index (χ1v) is 8.90. The Morgan fingerprint density at radius 3 is 2.64 bits per heavy atom. The summed E-state index contributed by atoms with van der Waals surface area (Å²) in [6, 6.07) is -0.141. The second-order valence-electron chi connectivity index (χ2n) is 6.61. The molecule has 2 atom stereocenters. The molecule has 0 aromatic carbocycles. The Hall–Kier alpha value is -0.880. The van der Waals surface area contributed by atoms with Gasteiger partial charge in [0.15, 0.2) is 0 Å². The van der Waals surface area contributed by atoms with Crippen LogP contribution in [0.1, 0.15) is 45.3 Å². The highest BCUT2D eigenvalue weighted by molar-refractivity contribution is 9.10. The van der Waals surface area contributed by atoms with Crippen LogP contribution in [-0.4, -0.2) is 46.3 Å². The van der Waals surface area contributed by atoms with E-state index in [1.54, 1.807) is 4.68 Å². The Morgan fingerprint density at radius 1 is 1.45 bits per heavy atom. The van der Waals surface area contributed by atoms with Crippen molar-refractivity contribution in [2.45, 2.75) is 52.6 Å². The fraction of sp³-hybridized carbons (Fsp3) is 0.750. The molecule has 1 amide bonds. The summed E-state index contributed by atoms with van der Waals surface area (Å²) in [7, 11) is 0. The molecule has 124 valence electrons. The monoisotopic (exact) mass is 370 g/mol. The minimum Gasteiger partial charge on any atom is -0.351 e. The molecule has 0 spiro atoms. The molecule has 2 rings (SSSR count). The molecule has 1 aromatic rings. The lowest BCUT2D eigenvalue weighted by atomic mass is 9.99. The number of carbonyl (C=O) groups is 1. The van der Waals surface area contributed by atoms with Gasteiger partial charge in [-0.15, -0.1) is 0 Å². The normalized spacial score (nSPS) is 19.9. The molecule has 5 nitrogen and oxygen atoms in total. The number of amides is 1. The lowest BCUT2D eigenvalue weighted by molar-refractivity contribution is -0.124. The topological polar surface area (TPSA) is 50.2 Å². The molecule has 2 unspecified atom stereocenters. The van der Waals surface area contributed by atoms with Gasteiger partial charge in [-0.2, -0.15) is 5.10 Å². The van der Waals surface area contributed by atoms with Crippen LogP contribution >= 0.6 is 15.9 Å². The van der Waals surface area contributed by atoms with Crippen molar-refractivity contribution in [3.8, 4) is 0 Å². The molecular formula is C16H27BrN4O. The summed E-state index contributed by atoms with van der Waals surface area (Å²) >= 11 is 3.43. The minimum atomic E-state index is -0.297. The maximum atomic E-state index is 12.4. The van der Waals surface area contributed by atoms with E-state index < -0.39 is 0 Å². The number of likely N-dealkylation sites (tertiary alicyclic amines) is 1. The number of hydrogen-bond donors (Lipinski definition) is 1. The number of aryl methyl sites for hydroxylation is 1. The molecule has 1 N–H and O–H groups in total. The van der Waals surface area contributed by atoms with Crippen molar-refractivity contribution >= 4 is 21.8 Å². The van der Waals surface area contributed by atoms with Gasteiger partial charge in [-0.1, -0.05) is 6.92 Å². The number of nitrogens with one attached hydrogen (secondary N) is 1. The van der Waals surface area contributed by atoms with Gasteiger partial charge < -0.3 is 10.2 Å². The van der Waals surface area contributed by atoms with E-state index in [1.807, 2.05) is 20.0 Å². The lowest BCUT2D eigenvalue weighted by Crippen LogP contribution is -2.46. The number of nitrogens with zero attached hydrogens (tertiary/aromatic N) is 3. The summed E-state index contributed by atoms with van der Waals surface area (Å²) in [6.07, 6.45) is 4.38. The Morgan fingerprint density at radius 2 is 2.09 bits per heavy atom. The molecule has 1 aliphatic rings. The largest absolute Gasteiger partial charge is 0.351 e. The van der Waals surface area contributed by atoms with Gasteiger partial charge in [0.25, 0.3) is 0 Å². The van der Waals surface area contributed by atoms with Crippen LogP contribution in [0.3, 0.4) is 0 Å². The third kappa shape index (κ3) is 4.56. The van der Waals surface area contributed by atoms with Gasteiger partial charge in [-0.05, 0) is 68.6 Å². The summed E-state index contributed by atoms with van der Waals surface area (Å²) in [5, 5.41) is 7.47. The van der Waals surface area contributed by atoms with E-state index in [1.165, 1.54) is 12.8 Å². The molecule has 2 heterocycles. The van der Waals surface area contributed by atoms with Crippen molar-refractivity contribution in [2.75, 3.05) is 19.6 Å². The van der Waals surface area contributed by atoms with Crippen LogP contribution in [0.5, 0.6) is 0 Å². The van der Waals surface area contributed by atoms with Gasteiger partial charge in [0.2, 0.25) is 5.91 Å². The fourth-order valence-electron chi connectivity index (χ4n) is 2.82. The van der Waals surface area contributed by atoms with Gasteiger partial charge >= 0.3 is 0 Å². The third-order valence-electron chi connectivity index (χ3n) is 4.43. The second kappa shape index (κ2) is 7.59. The number of piperidine rings is 1. The summed E-state index contributed by atoms with van der Waals surface area (Å²) in [5.74, 6) is 0.857. The van der Waals surface area contributed by atoms with Crippen LogP contribution in [0.15, 0.2) is 10.7 Å². The number of halogens is 1. The highest BCUT2D eigenvalue weighted by Gasteiger charge is 2.21. The molecule has 0 saturated carbocycles. The van der Waals surface area contributed by atoms with Crippen LogP contribution in [0, 0.1) is 12.8 Å². The Balaban J connectivity index is 1.82. The Kier molecular flexibility index (Phi) is 6.03. The lowest BCUT2D eigenvalue weighted by Gasteiger charge is -2.32. The van der Waals surface area contributed by atoms with Crippen LogP contribution in [-0.2, 0) is 4.79 Å². The molecule has 1 fully saturated rings. The third-order valence-corrected chi connectivity index (χ3v) is 5.21. The van der Waals surface area contributed by atoms with Gasteiger partial charge in [-0.25, -0.2) is 0 Å². The molecule has 0 bridgehead atoms. The first-order valence-electron chi connectivity index (χ1n) is 8.10. The highest BCUT2D eigenvalue weighted by Crippen LogP contribution is 2.18. The smallest absolute Gasteiger partial charge is 0.244 e. The first-order chi connectivity index (χ1) is 10.4. The predicted octanol–water partition coefficient (Wildman–Crippen LogP) is 2.75. The van der Waals surface area contributed by atoms with E-state index in [2.05, 4.69) is 45.1 Å². The van der Waals surface area contributed by atoms with Crippen LogP contribution in [0.2, 0.25) is 0 Å². The first kappa shape index (κ1) is 17.5. The average molecular weight is 371 g/mol. The maximum Gasteiger partial charge on any atom is 0.244 e. The van der Waals surface area contributed by atoms with E-state index in [9.17, 15) is 4.79 Å². The summed E-state index contributed by atoms with van der Waals surface area (Å²) in [5.41, 5.74) is 0.898. The number of hydrogen-bond acceptors (Lipinski definition) is 3. The molecule has 6 heteroatoms. The van der Waals surface area contributed by atoms with Gasteiger partial charge in [-0.3, -0.25) is 9.48 Å². The van der Waals surface area contributed by atoms with E-state index in [-0.39, 0.29) is 18.0 Å². The summed E-state index contributed by atoms with van der Waals surface area (Å²) in [6.45, 7) is 11.4. The minimum absolute atomic E-state index is 0.0212. The van der Waals surface area contributed by atoms with Crippen LogP contribution < -0.4 is 5.32 Å². The zero-order valence-electron chi connectivity index (χ0n) is 14.0. The van der Waals surface area contributed by atoms with Crippen LogP contribution in [0.4, 0.5) is 0 Å². The maximum absolute atomic E-state index is 12.4. The molecule has 1 saturated heterocycles. The predicted molar refractivity (Wildman–Crippen MR) is 91.8 cm³/mol. The van der Waals surface area contributed by atoms with Gasteiger partial charge in [0.05, 0.1) is 10.2 Å². The number of carbonyl (C=O) groups excluding carboxylic acids is 1. The molecule has 0 radical (unpaired) electrons. The van der Waals surface area contributed by atoms with Gasteiger partial charge in [0.1, 0.15) is 6.04 Å². The summed E-state index contributed by atoms with van der Waals surface area (Å²) in [4.78, 5) is 14.8. The van der Waals surface area contributed by atoms with Gasteiger partial charge in [0, 0.05) is 18.8 Å². The molecule has 0 aliphatic carbocycles. The van der Waals surface area contributed by atoms with Crippen molar-refractivity contribution in [3.05, 3.63) is 16.4 Å². The number of rotatable bonds is 5. The molecule has 1 aliphatic heterocycles. The zero-order valence-corrected chi connectivity index (χ0v) is 15.6. The Labute approximate surface area is 141 Å².